The van der Waals surface area contributed by atoms with E-state index >= 15 is 0 Å². The highest BCUT2D eigenvalue weighted by molar-refractivity contribution is 5.89. The molecule has 8 heteroatoms. The van der Waals surface area contributed by atoms with Crippen molar-refractivity contribution in [3.05, 3.63) is 77.4 Å². The Kier molecular flexibility index (Phi) is 6.58. The van der Waals surface area contributed by atoms with E-state index in [-0.39, 0.29) is 23.4 Å². The van der Waals surface area contributed by atoms with Crippen molar-refractivity contribution in [1.29, 1.82) is 0 Å². The first-order valence-electron chi connectivity index (χ1n) is 10.8. The summed E-state index contributed by atoms with van der Waals surface area (Å²) in [6.45, 7) is 3.65. The van der Waals surface area contributed by atoms with Crippen LogP contribution in [-0.4, -0.2) is 43.4 Å². The Morgan fingerprint density at radius 2 is 1.94 bits per heavy atom. The number of nitrogens with zero attached hydrogens (tertiary/aromatic N) is 1. The summed E-state index contributed by atoms with van der Waals surface area (Å²) < 4.78 is 45.7. The molecule has 0 spiro atoms. The van der Waals surface area contributed by atoms with Crippen LogP contribution in [0.5, 0.6) is 0 Å². The van der Waals surface area contributed by atoms with Gasteiger partial charge in [0, 0.05) is 31.4 Å². The van der Waals surface area contributed by atoms with Crippen LogP contribution < -0.4 is 10.2 Å². The van der Waals surface area contributed by atoms with E-state index < -0.39 is 17.7 Å². The zero-order chi connectivity index (χ0) is 23.6. The molecule has 1 heterocycles. The van der Waals surface area contributed by atoms with Crippen LogP contribution in [0.15, 0.2) is 60.7 Å². The lowest BCUT2D eigenvalue weighted by Gasteiger charge is -2.35. The fourth-order valence-corrected chi connectivity index (χ4v) is 4.20. The smallest absolute Gasteiger partial charge is 0.416 e. The van der Waals surface area contributed by atoms with E-state index in [1.54, 1.807) is 4.90 Å². The second-order valence-electron chi connectivity index (χ2n) is 8.21. The number of rotatable bonds is 6. The van der Waals surface area contributed by atoms with Gasteiger partial charge in [0.1, 0.15) is 0 Å². The summed E-state index contributed by atoms with van der Waals surface area (Å²) in [6, 6.07) is 17.3. The largest absolute Gasteiger partial charge is 0.478 e. The normalized spacial score (nSPS) is 17.8. The first kappa shape index (κ1) is 23.1. The van der Waals surface area contributed by atoms with Crippen LogP contribution >= 0.6 is 0 Å². The Bertz CT molecular complexity index is 1140. The summed E-state index contributed by atoms with van der Waals surface area (Å²) in [5, 5.41) is 15.0. The minimum absolute atomic E-state index is 0.0437. The Balaban J connectivity index is 1.47. The monoisotopic (exact) mass is 458 g/mol. The molecule has 1 aliphatic heterocycles. The molecule has 1 fully saturated rings. The zero-order valence-corrected chi connectivity index (χ0v) is 18.1. The number of anilines is 1. The van der Waals surface area contributed by atoms with Gasteiger partial charge in [-0.15, -0.1) is 0 Å². The number of halogens is 3. The maximum atomic E-state index is 13.3. The fourth-order valence-electron chi connectivity index (χ4n) is 4.20. The predicted octanol–water partition coefficient (Wildman–Crippen LogP) is 5.11. The molecular weight excluding hydrogens is 433 g/mol. The molecule has 1 aliphatic rings. The first-order chi connectivity index (χ1) is 15.7. The lowest BCUT2D eigenvalue weighted by atomic mass is 9.99. The van der Waals surface area contributed by atoms with Gasteiger partial charge in [-0.1, -0.05) is 42.5 Å². The maximum absolute atomic E-state index is 13.3. The van der Waals surface area contributed by atoms with Crippen molar-refractivity contribution in [1.82, 2.24) is 5.32 Å². The quantitative estimate of drug-likeness (QED) is 0.537. The molecule has 5 nitrogen and oxygen atoms in total. The number of aromatic carboxylic acids is 1. The summed E-state index contributed by atoms with van der Waals surface area (Å²) in [5.74, 6) is -1.39. The minimum atomic E-state index is -4.62. The Morgan fingerprint density at radius 3 is 2.70 bits per heavy atom. The fraction of sp³-hybridized carbons (Fsp3) is 0.320. The van der Waals surface area contributed by atoms with E-state index in [2.05, 4.69) is 36.5 Å². The van der Waals surface area contributed by atoms with E-state index in [0.717, 1.165) is 22.4 Å². The lowest BCUT2D eigenvalue weighted by molar-refractivity contribution is -0.137. The topological polar surface area (TPSA) is 61.8 Å². The molecule has 33 heavy (non-hydrogen) atoms. The number of carboxylic acids is 1. The molecule has 0 aliphatic carbocycles. The SMILES string of the molecule is C[C@@H](NCC1CN(c2cc(C(=O)O)cc(C(F)(F)F)c2)CCO1)c1cccc2ccccc12. The van der Waals surface area contributed by atoms with Crippen LogP contribution in [-0.2, 0) is 10.9 Å². The van der Waals surface area contributed by atoms with Crippen LogP contribution in [0.25, 0.3) is 10.8 Å². The number of hydrogen-bond donors (Lipinski definition) is 2. The number of ether oxygens (including phenoxy) is 1. The summed E-state index contributed by atoms with van der Waals surface area (Å²) in [7, 11) is 0. The third-order valence-corrected chi connectivity index (χ3v) is 5.94. The number of carboxylic acid groups (broad SMARTS) is 1. The number of carbonyl (C=O) groups is 1. The van der Waals surface area contributed by atoms with E-state index in [9.17, 15) is 23.1 Å². The van der Waals surface area contributed by atoms with E-state index in [1.165, 1.54) is 6.07 Å². The first-order valence-corrected chi connectivity index (χ1v) is 10.8. The van der Waals surface area contributed by atoms with Gasteiger partial charge in [0.05, 0.1) is 23.8 Å². The van der Waals surface area contributed by atoms with E-state index in [4.69, 9.17) is 4.74 Å². The van der Waals surface area contributed by atoms with Crippen molar-refractivity contribution < 1.29 is 27.8 Å². The van der Waals surface area contributed by atoms with Crippen molar-refractivity contribution in [3.63, 3.8) is 0 Å². The summed E-state index contributed by atoms with van der Waals surface area (Å²) >= 11 is 0. The molecule has 174 valence electrons. The highest BCUT2D eigenvalue weighted by Gasteiger charge is 2.33. The molecule has 2 N–H and O–H groups in total. The average Bonchev–Trinajstić information content (AvgIpc) is 2.81. The number of fused-ring (bicyclic) bond motifs is 1. The highest BCUT2D eigenvalue weighted by Crippen LogP contribution is 2.33. The van der Waals surface area contributed by atoms with Gasteiger partial charge in [0.2, 0.25) is 0 Å². The molecule has 1 unspecified atom stereocenters. The van der Waals surface area contributed by atoms with Crippen molar-refractivity contribution in [3.8, 4) is 0 Å². The number of hydrogen-bond acceptors (Lipinski definition) is 4. The van der Waals surface area contributed by atoms with Gasteiger partial charge in [-0.25, -0.2) is 4.79 Å². The van der Waals surface area contributed by atoms with Gasteiger partial charge in [0.25, 0.3) is 0 Å². The Morgan fingerprint density at radius 1 is 1.18 bits per heavy atom. The van der Waals surface area contributed by atoms with Crippen LogP contribution in [0.2, 0.25) is 0 Å². The number of morpholine rings is 1. The minimum Gasteiger partial charge on any atom is -0.478 e. The van der Waals surface area contributed by atoms with E-state index in [1.807, 2.05) is 18.2 Å². The van der Waals surface area contributed by atoms with Crippen molar-refractivity contribution in [2.75, 3.05) is 31.1 Å². The third kappa shape index (κ3) is 5.29. The highest BCUT2D eigenvalue weighted by atomic mass is 19.4. The predicted molar refractivity (Wildman–Crippen MR) is 121 cm³/mol. The van der Waals surface area contributed by atoms with Crippen molar-refractivity contribution in [2.24, 2.45) is 0 Å². The van der Waals surface area contributed by atoms with Crippen molar-refractivity contribution >= 4 is 22.4 Å². The van der Waals surface area contributed by atoms with Gasteiger partial charge < -0.3 is 20.1 Å². The molecule has 0 aromatic heterocycles. The standard InChI is InChI=1S/C25H25F3N2O3/c1-16(22-8-4-6-17-5-2-3-7-23(17)22)29-14-21-15-30(9-10-33-21)20-12-18(24(31)32)11-19(13-20)25(26,27)28/h2-8,11-13,16,21,29H,9-10,14-15H2,1H3,(H,31,32)/t16-,21?/m1/s1. The number of nitrogens with one attached hydrogen (secondary N) is 1. The lowest BCUT2D eigenvalue weighted by Crippen LogP contribution is -2.47. The molecular formula is C25H25F3N2O3. The molecule has 3 aromatic carbocycles. The van der Waals surface area contributed by atoms with Gasteiger partial charge in [0.15, 0.2) is 0 Å². The molecule has 0 bridgehead atoms. The van der Waals surface area contributed by atoms with Gasteiger partial charge >= 0.3 is 12.1 Å². The Labute approximate surface area is 189 Å². The van der Waals surface area contributed by atoms with Gasteiger partial charge in [-0.2, -0.15) is 13.2 Å². The zero-order valence-electron chi connectivity index (χ0n) is 18.1. The molecule has 0 saturated carbocycles. The van der Waals surface area contributed by atoms with Gasteiger partial charge in [-0.3, -0.25) is 0 Å². The van der Waals surface area contributed by atoms with Crippen LogP contribution in [0, 0.1) is 0 Å². The third-order valence-electron chi connectivity index (χ3n) is 5.94. The summed E-state index contributed by atoms with van der Waals surface area (Å²) in [6.07, 6.45) is -4.87. The number of benzene rings is 3. The van der Waals surface area contributed by atoms with Crippen LogP contribution in [0.1, 0.15) is 34.5 Å². The molecule has 3 aromatic rings. The van der Waals surface area contributed by atoms with E-state index in [0.29, 0.717) is 32.3 Å². The number of alkyl halides is 3. The van der Waals surface area contributed by atoms with Crippen LogP contribution in [0.3, 0.4) is 0 Å². The molecule has 1 saturated heterocycles. The average molecular weight is 458 g/mol. The van der Waals surface area contributed by atoms with Crippen LogP contribution in [0.4, 0.5) is 18.9 Å². The molecule has 2 atom stereocenters. The summed E-state index contributed by atoms with van der Waals surface area (Å²) in [4.78, 5) is 13.1. The molecule has 4 rings (SSSR count). The van der Waals surface area contributed by atoms with Crippen molar-refractivity contribution in [2.45, 2.75) is 25.2 Å². The summed E-state index contributed by atoms with van der Waals surface area (Å²) in [5.41, 5.74) is 0.0380. The molecule has 0 radical (unpaired) electrons. The second-order valence-corrected chi connectivity index (χ2v) is 8.21. The Hall–Kier alpha value is -3.10. The van der Waals surface area contributed by atoms with Gasteiger partial charge in [-0.05, 0) is 41.5 Å². The second kappa shape index (κ2) is 9.41. The molecule has 0 amide bonds. The maximum Gasteiger partial charge on any atom is 0.416 e.